The largest absolute Gasteiger partial charge is 0.484 e. The Hall–Kier alpha value is -2.59. The Balaban J connectivity index is 1.41. The van der Waals surface area contributed by atoms with Crippen LogP contribution in [0, 0.1) is 23.2 Å². The molecule has 0 aromatic heterocycles. The van der Waals surface area contributed by atoms with Gasteiger partial charge >= 0.3 is 0 Å². The van der Waals surface area contributed by atoms with Gasteiger partial charge in [-0.15, -0.1) is 0 Å². The van der Waals surface area contributed by atoms with Gasteiger partial charge in [0.05, 0.1) is 6.07 Å². The molecule has 1 aromatic rings. The van der Waals surface area contributed by atoms with Gasteiger partial charge in [0.2, 0.25) is 5.91 Å². The Morgan fingerprint density at radius 3 is 2.23 bits per heavy atom. The first-order valence-corrected chi connectivity index (χ1v) is 10.9. The van der Waals surface area contributed by atoms with Gasteiger partial charge in [-0.25, -0.2) is 0 Å². The number of amides is 2. The van der Waals surface area contributed by atoms with Crippen LogP contribution in [0.4, 0.5) is 0 Å². The molecule has 2 heterocycles. The summed E-state index contributed by atoms with van der Waals surface area (Å²) < 4.78 is 5.55. The molecule has 0 spiro atoms. The molecule has 2 aliphatic heterocycles. The van der Waals surface area contributed by atoms with E-state index in [0.29, 0.717) is 44.8 Å². The number of hydrogen-bond acceptors (Lipinski definition) is 5. The van der Waals surface area contributed by atoms with Crippen LogP contribution >= 0.6 is 0 Å². The minimum absolute atomic E-state index is 0.0208. The molecule has 0 aliphatic carbocycles. The first-order valence-electron chi connectivity index (χ1n) is 10.9. The second kappa shape index (κ2) is 10.4. The normalized spacial score (nSPS) is 19.4. The maximum atomic E-state index is 12.9. The Morgan fingerprint density at radius 1 is 1.03 bits per heavy atom. The zero-order valence-corrected chi connectivity index (χ0v) is 18.0. The number of likely N-dealkylation sites (tertiary alicyclic amines) is 1. The van der Waals surface area contributed by atoms with Crippen LogP contribution in [0.2, 0.25) is 0 Å². The van der Waals surface area contributed by atoms with Crippen LogP contribution < -0.4 is 4.74 Å². The van der Waals surface area contributed by atoms with E-state index in [9.17, 15) is 14.9 Å². The van der Waals surface area contributed by atoms with Gasteiger partial charge in [-0.05, 0) is 30.9 Å². The molecule has 0 bridgehead atoms. The zero-order chi connectivity index (χ0) is 21.5. The Morgan fingerprint density at radius 2 is 1.67 bits per heavy atom. The van der Waals surface area contributed by atoms with Gasteiger partial charge in [-0.2, -0.15) is 5.26 Å². The molecule has 2 saturated heterocycles. The summed E-state index contributed by atoms with van der Waals surface area (Å²) in [5, 5.41) is 9.39. The van der Waals surface area contributed by atoms with E-state index in [2.05, 4.69) is 24.8 Å². The topological polar surface area (TPSA) is 76.9 Å². The highest BCUT2D eigenvalue weighted by Crippen LogP contribution is 2.22. The molecule has 1 aromatic carbocycles. The lowest BCUT2D eigenvalue weighted by Gasteiger charge is -2.40. The fourth-order valence-electron chi connectivity index (χ4n) is 4.26. The van der Waals surface area contributed by atoms with Crippen molar-refractivity contribution in [2.45, 2.75) is 32.7 Å². The Labute approximate surface area is 179 Å². The van der Waals surface area contributed by atoms with Crippen molar-refractivity contribution in [3.8, 4) is 11.8 Å². The lowest BCUT2D eigenvalue weighted by atomic mass is 9.94. The molecule has 30 heavy (non-hydrogen) atoms. The predicted molar refractivity (Wildman–Crippen MR) is 114 cm³/mol. The molecule has 2 fully saturated rings. The molecule has 0 saturated carbocycles. The monoisotopic (exact) mass is 412 g/mol. The first kappa shape index (κ1) is 22.1. The van der Waals surface area contributed by atoms with Gasteiger partial charge in [0.15, 0.2) is 6.61 Å². The summed E-state index contributed by atoms with van der Waals surface area (Å²) in [6.45, 7) is 8.18. The third-order valence-electron chi connectivity index (χ3n) is 6.09. The van der Waals surface area contributed by atoms with Gasteiger partial charge in [-0.1, -0.05) is 32.0 Å². The van der Waals surface area contributed by atoms with Crippen LogP contribution in [0.25, 0.3) is 0 Å². The van der Waals surface area contributed by atoms with Crippen LogP contribution in [0.1, 0.15) is 26.7 Å². The summed E-state index contributed by atoms with van der Waals surface area (Å²) in [6.07, 6.45) is 1.39. The predicted octanol–water partition coefficient (Wildman–Crippen LogP) is 2.00. The fourth-order valence-corrected chi connectivity index (χ4v) is 4.26. The van der Waals surface area contributed by atoms with E-state index in [-0.39, 0.29) is 36.3 Å². The molecule has 3 rings (SSSR count). The average Bonchev–Trinajstić information content (AvgIpc) is 2.78. The third-order valence-corrected chi connectivity index (χ3v) is 6.09. The zero-order valence-electron chi connectivity index (χ0n) is 18.0. The summed E-state index contributed by atoms with van der Waals surface area (Å²) in [6, 6.07) is 11.6. The summed E-state index contributed by atoms with van der Waals surface area (Å²) in [5.74, 6) is 1.11. The molecule has 1 atom stereocenters. The van der Waals surface area contributed by atoms with E-state index in [1.165, 1.54) is 0 Å². The summed E-state index contributed by atoms with van der Waals surface area (Å²) >= 11 is 0. The van der Waals surface area contributed by atoms with Crippen molar-refractivity contribution in [3.63, 3.8) is 0 Å². The second-order valence-corrected chi connectivity index (χ2v) is 8.44. The highest BCUT2D eigenvalue weighted by molar-refractivity contribution is 5.80. The van der Waals surface area contributed by atoms with Crippen molar-refractivity contribution < 1.29 is 14.3 Å². The minimum atomic E-state index is -0.0883. The second-order valence-electron chi connectivity index (χ2n) is 8.44. The third kappa shape index (κ3) is 5.51. The van der Waals surface area contributed by atoms with Gasteiger partial charge in [0, 0.05) is 45.2 Å². The van der Waals surface area contributed by atoms with E-state index in [4.69, 9.17) is 4.74 Å². The number of benzene rings is 1. The molecular weight excluding hydrogens is 380 g/mol. The lowest BCUT2D eigenvalue weighted by molar-refractivity contribution is -0.142. The molecule has 2 aliphatic rings. The van der Waals surface area contributed by atoms with E-state index in [1.54, 1.807) is 4.90 Å². The number of hydrogen-bond donors (Lipinski definition) is 0. The molecule has 0 radical (unpaired) electrons. The van der Waals surface area contributed by atoms with Crippen LogP contribution in [0.3, 0.4) is 0 Å². The van der Waals surface area contributed by atoms with Gasteiger partial charge < -0.3 is 14.5 Å². The SMILES string of the molecule is CC(C)C(C#N)N1CCN(C(=O)C2CCN(C(=O)COc3ccccc3)CC2)CC1. The van der Waals surface area contributed by atoms with Crippen LogP contribution in [0.5, 0.6) is 5.75 Å². The maximum Gasteiger partial charge on any atom is 0.260 e. The fraction of sp³-hybridized carbons (Fsp3) is 0.609. The summed E-state index contributed by atoms with van der Waals surface area (Å²) in [4.78, 5) is 31.3. The van der Waals surface area contributed by atoms with Crippen molar-refractivity contribution in [1.29, 1.82) is 5.26 Å². The quantitative estimate of drug-likeness (QED) is 0.714. The number of piperazine rings is 1. The Kier molecular flexibility index (Phi) is 7.69. The van der Waals surface area contributed by atoms with Gasteiger partial charge in [0.25, 0.3) is 5.91 Å². The highest BCUT2D eigenvalue weighted by Gasteiger charge is 2.33. The number of ether oxygens (including phenoxy) is 1. The number of carbonyl (C=O) groups excluding carboxylic acids is 2. The molecule has 7 nitrogen and oxygen atoms in total. The first-order chi connectivity index (χ1) is 14.5. The molecular formula is C23H32N4O3. The smallest absolute Gasteiger partial charge is 0.260 e. The van der Waals surface area contributed by atoms with Crippen molar-refractivity contribution >= 4 is 11.8 Å². The number of rotatable bonds is 6. The maximum absolute atomic E-state index is 12.9. The number of piperidine rings is 1. The number of carbonyl (C=O) groups is 2. The highest BCUT2D eigenvalue weighted by atomic mass is 16.5. The number of para-hydroxylation sites is 1. The average molecular weight is 413 g/mol. The summed E-state index contributed by atoms with van der Waals surface area (Å²) in [7, 11) is 0. The van der Waals surface area contributed by atoms with Crippen LogP contribution in [0.15, 0.2) is 30.3 Å². The van der Waals surface area contributed by atoms with E-state index in [0.717, 1.165) is 13.1 Å². The van der Waals surface area contributed by atoms with Gasteiger partial charge in [-0.3, -0.25) is 14.5 Å². The minimum Gasteiger partial charge on any atom is -0.484 e. The van der Waals surface area contributed by atoms with E-state index in [1.807, 2.05) is 35.2 Å². The van der Waals surface area contributed by atoms with Gasteiger partial charge in [0.1, 0.15) is 11.8 Å². The number of nitriles is 1. The lowest BCUT2D eigenvalue weighted by Crippen LogP contribution is -2.54. The molecule has 2 amide bonds. The molecule has 7 heteroatoms. The summed E-state index contributed by atoms with van der Waals surface area (Å²) in [5.41, 5.74) is 0. The molecule has 0 N–H and O–H groups in total. The van der Waals surface area contributed by atoms with Crippen molar-refractivity contribution in [2.24, 2.45) is 11.8 Å². The van der Waals surface area contributed by atoms with Crippen molar-refractivity contribution in [2.75, 3.05) is 45.9 Å². The standard InChI is InChI=1S/C23H32N4O3/c1-18(2)21(16-24)25-12-14-27(15-13-25)23(29)19-8-10-26(11-9-19)22(28)17-30-20-6-4-3-5-7-20/h3-7,18-19,21H,8-15,17H2,1-2H3. The Bertz CT molecular complexity index is 745. The van der Waals surface area contributed by atoms with E-state index < -0.39 is 0 Å². The van der Waals surface area contributed by atoms with Crippen molar-refractivity contribution in [1.82, 2.24) is 14.7 Å². The van der Waals surface area contributed by atoms with Crippen molar-refractivity contribution in [3.05, 3.63) is 30.3 Å². The van der Waals surface area contributed by atoms with E-state index >= 15 is 0 Å². The molecule has 1 unspecified atom stereocenters. The number of nitrogens with zero attached hydrogens (tertiary/aromatic N) is 4. The molecule has 162 valence electrons. The van der Waals surface area contributed by atoms with Crippen LogP contribution in [-0.4, -0.2) is 78.4 Å². The van der Waals surface area contributed by atoms with Crippen LogP contribution in [-0.2, 0) is 9.59 Å².